The highest BCUT2D eigenvalue weighted by Crippen LogP contribution is 2.74. The number of carbonyl (C=O) groups is 2. The molecule has 0 aromatic carbocycles. The van der Waals surface area contributed by atoms with Crippen LogP contribution in [-0.4, -0.2) is 22.8 Å². The van der Waals surface area contributed by atoms with Gasteiger partial charge in [0.25, 0.3) is 0 Å². The van der Waals surface area contributed by atoms with E-state index in [0.717, 1.165) is 37.7 Å². The Morgan fingerprint density at radius 1 is 0.968 bits per heavy atom. The van der Waals surface area contributed by atoms with Gasteiger partial charge in [0, 0.05) is 16.7 Å². The molecule has 3 heteroatoms. The highest BCUT2D eigenvalue weighted by molar-refractivity contribution is 6.04. The van der Waals surface area contributed by atoms with E-state index in [1.165, 1.54) is 16.7 Å². The van der Waals surface area contributed by atoms with Crippen molar-refractivity contribution in [1.82, 2.24) is 0 Å². The van der Waals surface area contributed by atoms with Crippen LogP contribution in [-0.2, 0) is 9.59 Å². The Kier molecular flexibility index (Phi) is 4.22. The number of carbonyl (C=O) groups excluding carboxylic acids is 2. The standard InChI is InChI=1S/C28H36O3/c1-16-13-18(29)15-20-19(16)7-8-21-25(20,3)9-11-28(6)22-14-17(2)23(30)24(31)26(22,4)10-12-27(21,28)5/h7-8,13,15,17,22,24,31H,9-12,14H2,1-6H3. The first-order valence-corrected chi connectivity index (χ1v) is 12.0. The Hall–Kier alpha value is -1.74. The second kappa shape index (κ2) is 6.19. The molecule has 0 saturated heterocycles. The lowest BCUT2D eigenvalue weighted by Crippen LogP contribution is -2.65. The van der Waals surface area contributed by atoms with Crippen LogP contribution in [0, 0.1) is 33.5 Å². The third kappa shape index (κ3) is 2.39. The maximum Gasteiger partial charge on any atom is 0.179 e. The molecule has 7 unspecified atom stereocenters. The second-order valence-corrected chi connectivity index (χ2v) is 12.0. The van der Waals surface area contributed by atoms with E-state index in [1.54, 1.807) is 6.08 Å². The van der Waals surface area contributed by atoms with Crippen molar-refractivity contribution < 1.29 is 14.7 Å². The van der Waals surface area contributed by atoms with Crippen LogP contribution in [0.25, 0.3) is 0 Å². The first-order valence-electron chi connectivity index (χ1n) is 12.0. The predicted octanol–water partition coefficient (Wildman–Crippen LogP) is 5.51. The molecule has 0 bridgehead atoms. The molecule has 31 heavy (non-hydrogen) atoms. The van der Waals surface area contributed by atoms with Crippen LogP contribution in [0.2, 0.25) is 0 Å². The van der Waals surface area contributed by atoms with E-state index >= 15 is 0 Å². The van der Waals surface area contributed by atoms with Gasteiger partial charge in [-0.25, -0.2) is 0 Å². The number of allylic oxidation sites excluding steroid dienone is 8. The average molecular weight is 421 g/mol. The lowest BCUT2D eigenvalue weighted by Gasteiger charge is -2.69. The fraction of sp³-hybridized carbons (Fsp3) is 0.643. The molecule has 3 nitrogen and oxygen atoms in total. The maximum atomic E-state index is 12.7. The summed E-state index contributed by atoms with van der Waals surface area (Å²) in [4.78, 5) is 25.2. The van der Waals surface area contributed by atoms with E-state index in [2.05, 4.69) is 39.8 Å². The molecule has 0 spiro atoms. The van der Waals surface area contributed by atoms with Crippen LogP contribution in [0.4, 0.5) is 0 Å². The molecule has 0 radical (unpaired) electrons. The number of hydrogen-bond donors (Lipinski definition) is 1. The molecule has 5 rings (SSSR count). The van der Waals surface area contributed by atoms with Crippen LogP contribution in [0.3, 0.4) is 0 Å². The van der Waals surface area contributed by atoms with Crippen LogP contribution < -0.4 is 0 Å². The van der Waals surface area contributed by atoms with Gasteiger partial charge in [-0.05, 0) is 84.6 Å². The molecule has 166 valence electrons. The quantitative estimate of drug-likeness (QED) is 0.562. The zero-order valence-electron chi connectivity index (χ0n) is 19.8. The molecule has 1 N–H and O–H groups in total. The van der Waals surface area contributed by atoms with Gasteiger partial charge in [0.15, 0.2) is 11.6 Å². The summed E-state index contributed by atoms with van der Waals surface area (Å²) in [7, 11) is 0. The van der Waals surface area contributed by atoms with Crippen molar-refractivity contribution in [3.05, 3.63) is 46.6 Å². The summed E-state index contributed by atoms with van der Waals surface area (Å²) in [5.74, 6) is 0.355. The minimum Gasteiger partial charge on any atom is -0.385 e. The summed E-state index contributed by atoms with van der Waals surface area (Å²) in [6.07, 6.45) is 12.1. The maximum absolute atomic E-state index is 12.7. The number of hydrogen-bond acceptors (Lipinski definition) is 3. The van der Waals surface area contributed by atoms with E-state index in [0.29, 0.717) is 5.92 Å². The van der Waals surface area contributed by atoms with Gasteiger partial charge in [0.05, 0.1) is 0 Å². The van der Waals surface area contributed by atoms with Crippen LogP contribution in [0.15, 0.2) is 46.6 Å². The van der Waals surface area contributed by atoms with Crippen LogP contribution in [0.5, 0.6) is 0 Å². The van der Waals surface area contributed by atoms with Crippen LogP contribution in [0.1, 0.15) is 73.6 Å². The minimum absolute atomic E-state index is 0.0107. The number of Topliss-reactive ketones (excluding diaryl/α,β-unsaturated/α-hetero) is 1. The summed E-state index contributed by atoms with van der Waals surface area (Å²) in [5, 5.41) is 11.1. The summed E-state index contributed by atoms with van der Waals surface area (Å²) < 4.78 is 0. The molecular weight excluding hydrogens is 384 g/mol. The lowest BCUT2D eigenvalue weighted by molar-refractivity contribution is -0.192. The zero-order valence-corrected chi connectivity index (χ0v) is 19.8. The average Bonchev–Trinajstić information content (AvgIpc) is 2.71. The van der Waals surface area contributed by atoms with E-state index < -0.39 is 6.10 Å². The number of fused-ring (bicyclic) bond motifs is 7. The van der Waals surface area contributed by atoms with E-state index in [1.807, 2.05) is 19.9 Å². The molecule has 5 aliphatic rings. The number of aliphatic hydroxyl groups excluding tert-OH is 1. The summed E-state index contributed by atoms with van der Waals surface area (Å²) in [6.45, 7) is 13.4. The molecule has 3 saturated carbocycles. The Labute approximate surface area is 186 Å². The summed E-state index contributed by atoms with van der Waals surface area (Å²) in [6, 6.07) is 0. The first kappa shape index (κ1) is 21.1. The third-order valence-corrected chi connectivity index (χ3v) is 10.7. The number of ketones is 2. The topological polar surface area (TPSA) is 54.4 Å². The molecule has 0 aliphatic heterocycles. The SMILES string of the molecule is CC1=CC(=O)C=C2C1=CC=C1C2(C)CCC2(C)C3CC(C)C(=O)C(O)C3(C)CCC12C. The summed E-state index contributed by atoms with van der Waals surface area (Å²) >= 11 is 0. The summed E-state index contributed by atoms with van der Waals surface area (Å²) in [5.41, 5.74) is 4.43. The van der Waals surface area contributed by atoms with Gasteiger partial charge < -0.3 is 5.11 Å². The van der Waals surface area contributed by atoms with Crippen molar-refractivity contribution in [2.75, 3.05) is 0 Å². The Morgan fingerprint density at radius 3 is 2.39 bits per heavy atom. The highest BCUT2D eigenvalue weighted by atomic mass is 16.3. The van der Waals surface area contributed by atoms with Gasteiger partial charge in [-0.2, -0.15) is 0 Å². The molecule has 0 aromatic heterocycles. The van der Waals surface area contributed by atoms with Crippen molar-refractivity contribution in [3.63, 3.8) is 0 Å². The van der Waals surface area contributed by atoms with Crippen molar-refractivity contribution in [1.29, 1.82) is 0 Å². The lowest BCUT2D eigenvalue weighted by atomic mass is 9.35. The number of rotatable bonds is 0. The molecule has 7 atom stereocenters. The molecule has 0 aromatic rings. The van der Waals surface area contributed by atoms with Crippen molar-refractivity contribution in [3.8, 4) is 0 Å². The van der Waals surface area contributed by atoms with Crippen molar-refractivity contribution in [2.24, 2.45) is 33.5 Å². The molecule has 3 fully saturated rings. The Morgan fingerprint density at radius 2 is 1.68 bits per heavy atom. The van der Waals surface area contributed by atoms with E-state index in [9.17, 15) is 14.7 Å². The fourth-order valence-corrected chi connectivity index (χ4v) is 8.42. The molecule has 5 aliphatic carbocycles. The largest absolute Gasteiger partial charge is 0.385 e. The smallest absolute Gasteiger partial charge is 0.179 e. The fourth-order valence-electron chi connectivity index (χ4n) is 8.42. The van der Waals surface area contributed by atoms with Gasteiger partial charge in [-0.1, -0.05) is 52.3 Å². The molecule has 0 amide bonds. The van der Waals surface area contributed by atoms with E-state index in [4.69, 9.17) is 0 Å². The Bertz CT molecular complexity index is 1020. The van der Waals surface area contributed by atoms with Gasteiger partial charge in [-0.3, -0.25) is 9.59 Å². The first-order chi connectivity index (χ1) is 14.4. The van der Waals surface area contributed by atoms with Gasteiger partial charge in [-0.15, -0.1) is 0 Å². The second-order valence-electron chi connectivity index (χ2n) is 12.0. The molecule has 0 heterocycles. The van der Waals surface area contributed by atoms with E-state index in [-0.39, 0.29) is 39.1 Å². The van der Waals surface area contributed by atoms with Crippen molar-refractivity contribution >= 4 is 11.6 Å². The third-order valence-electron chi connectivity index (χ3n) is 10.7. The normalized spacial score (nSPS) is 48.9. The molecular formula is C28H36O3. The number of aliphatic hydroxyl groups is 1. The van der Waals surface area contributed by atoms with Crippen LogP contribution >= 0.6 is 0 Å². The Balaban J connectivity index is 1.65. The van der Waals surface area contributed by atoms with Gasteiger partial charge in [0.2, 0.25) is 0 Å². The predicted molar refractivity (Wildman–Crippen MR) is 122 cm³/mol. The monoisotopic (exact) mass is 420 g/mol. The van der Waals surface area contributed by atoms with Gasteiger partial charge >= 0.3 is 0 Å². The van der Waals surface area contributed by atoms with Crippen molar-refractivity contribution in [2.45, 2.75) is 79.8 Å². The highest BCUT2D eigenvalue weighted by Gasteiger charge is 2.68. The minimum atomic E-state index is -0.853. The zero-order chi connectivity index (χ0) is 22.6. The van der Waals surface area contributed by atoms with Gasteiger partial charge in [0.1, 0.15) is 6.10 Å².